The Morgan fingerprint density at radius 2 is 2.38 bits per heavy atom. The molecular weight excluding hydrogens is 214 g/mol. The molecule has 16 heavy (non-hydrogen) atoms. The van der Waals surface area contributed by atoms with Gasteiger partial charge in [0.15, 0.2) is 0 Å². The number of aromatic nitrogens is 2. The molecule has 88 valence electrons. The molecule has 1 heterocycles. The second kappa shape index (κ2) is 4.27. The van der Waals surface area contributed by atoms with Crippen LogP contribution < -0.4 is 11.3 Å². The molecule has 0 aliphatic carbocycles. The van der Waals surface area contributed by atoms with Crippen LogP contribution in [0.25, 0.3) is 0 Å². The average molecular weight is 227 g/mol. The van der Waals surface area contributed by atoms with Crippen LogP contribution >= 0.6 is 0 Å². The van der Waals surface area contributed by atoms with Crippen LogP contribution in [0.4, 0.5) is 5.82 Å². The fourth-order valence-electron chi connectivity index (χ4n) is 1.21. The molecule has 0 unspecified atom stereocenters. The minimum absolute atomic E-state index is 0.212. The zero-order chi connectivity index (χ0) is 12.3. The molecule has 0 spiro atoms. The number of nitrogens with one attached hydrogen (secondary N) is 1. The van der Waals surface area contributed by atoms with Crippen molar-refractivity contribution < 1.29 is 9.72 Å². The number of nitro groups is 1. The summed E-state index contributed by atoms with van der Waals surface area (Å²) in [5.74, 6) is 4.43. The lowest BCUT2D eigenvalue weighted by molar-refractivity contribution is -0.389. The molecule has 1 aromatic heterocycles. The summed E-state index contributed by atoms with van der Waals surface area (Å²) in [6.45, 7) is 3.55. The lowest BCUT2D eigenvalue weighted by Crippen LogP contribution is -2.43. The third-order valence-corrected chi connectivity index (χ3v) is 2.12. The van der Waals surface area contributed by atoms with Gasteiger partial charge >= 0.3 is 5.82 Å². The summed E-state index contributed by atoms with van der Waals surface area (Å²) in [4.78, 5) is 21.2. The Hall–Kier alpha value is -1.96. The van der Waals surface area contributed by atoms with Gasteiger partial charge in [0.1, 0.15) is 0 Å². The average Bonchev–Trinajstić information content (AvgIpc) is 2.64. The van der Waals surface area contributed by atoms with E-state index in [1.54, 1.807) is 13.8 Å². The lowest BCUT2D eigenvalue weighted by atomic mass is 9.93. The molecule has 0 aromatic carbocycles. The fourth-order valence-corrected chi connectivity index (χ4v) is 1.21. The van der Waals surface area contributed by atoms with E-state index in [0.29, 0.717) is 0 Å². The summed E-state index contributed by atoms with van der Waals surface area (Å²) in [6, 6.07) is 1.27. The molecule has 0 radical (unpaired) electrons. The maximum atomic E-state index is 11.4. The number of hydrazine groups is 1. The first-order valence-electron chi connectivity index (χ1n) is 4.56. The molecule has 8 nitrogen and oxygen atoms in total. The van der Waals surface area contributed by atoms with Gasteiger partial charge in [-0.15, -0.1) is 0 Å². The number of carbonyl (C=O) groups excluding carboxylic acids is 1. The Balaban J connectivity index is 2.80. The van der Waals surface area contributed by atoms with Crippen molar-refractivity contribution in [2.24, 2.45) is 11.3 Å². The third kappa shape index (κ3) is 2.54. The van der Waals surface area contributed by atoms with E-state index in [1.807, 2.05) is 5.43 Å². The predicted octanol–water partition coefficient (Wildman–Crippen LogP) is -0.193. The minimum Gasteiger partial charge on any atom is -0.358 e. The van der Waals surface area contributed by atoms with Crippen LogP contribution in [0.2, 0.25) is 0 Å². The molecule has 0 bridgehead atoms. The zero-order valence-corrected chi connectivity index (χ0v) is 9.01. The number of amides is 1. The third-order valence-electron chi connectivity index (χ3n) is 2.12. The fraction of sp³-hybridized carbons (Fsp3) is 0.500. The van der Waals surface area contributed by atoms with Crippen LogP contribution in [0.15, 0.2) is 12.3 Å². The van der Waals surface area contributed by atoms with Gasteiger partial charge in [0.05, 0.1) is 29.3 Å². The Kier molecular flexibility index (Phi) is 3.23. The molecule has 0 aliphatic rings. The number of carbonyl (C=O) groups is 1. The van der Waals surface area contributed by atoms with E-state index >= 15 is 0 Å². The predicted molar refractivity (Wildman–Crippen MR) is 55.0 cm³/mol. The number of nitrogens with zero attached hydrogens (tertiary/aromatic N) is 3. The van der Waals surface area contributed by atoms with E-state index in [4.69, 9.17) is 5.84 Å². The smallest absolute Gasteiger partial charge is 0.358 e. The highest BCUT2D eigenvalue weighted by atomic mass is 16.6. The highest BCUT2D eigenvalue weighted by Gasteiger charge is 2.29. The topological polar surface area (TPSA) is 116 Å². The maximum absolute atomic E-state index is 11.4. The highest BCUT2D eigenvalue weighted by molar-refractivity contribution is 5.81. The molecule has 3 N–H and O–H groups in total. The summed E-state index contributed by atoms with van der Waals surface area (Å²) in [5, 5.41) is 14.1. The number of hydrogen-bond acceptors (Lipinski definition) is 5. The van der Waals surface area contributed by atoms with Crippen LogP contribution in [0.5, 0.6) is 0 Å². The molecule has 1 amide bonds. The molecular formula is C8H13N5O3. The van der Waals surface area contributed by atoms with Gasteiger partial charge in [0, 0.05) is 0 Å². The van der Waals surface area contributed by atoms with Crippen LogP contribution in [0.3, 0.4) is 0 Å². The molecule has 1 rings (SSSR count). The molecule has 0 saturated carbocycles. The van der Waals surface area contributed by atoms with Gasteiger partial charge in [-0.3, -0.25) is 10.2 Å². The Bertz CT molecular complexity index is 412. The van der Waals surface area contributed by atoms with Crippen molar-refractivity contribution in [1.82, 2.24) is 15.2 Å². The van der Waals surface area contributed by atoms with Crippen molar-refractivity contribution in [3.63, 3.8) is 0 Å². The summed E-state index contributed by atoms with van der Waals surface area (Å²) < 4.78 is 1.34. The quantitative estimate of drug-likeness (QED) is 0.320. The Morgan fingerprint density at radius 1 is 1.75 bits per heavy atom. The SMILES string of the molecule is CC(C)(Cn1ccc([N+](=O)[O-])n1)C(=O)NN. The van der Waals surface area contributed by atoms with Gasteiger partial charge in [0.2, 0.25) is 5.91 Å². The van der Waals surface area contributed by atoms with Gasteiger partial charge in [-0.2, -0.15) is 4.68 Å². The van der Waals surface area contributed by atoms with Crippen molar-refractivity contribution in [2.45, 2.75) is 20.4 Å². The van der Waals surface area contributed by atoms with E-state index in [9.17, 15) is 14.9 Å². The van der Waals surface area contributed by atoms with Gasteiger partial charge in [-0.25, -0.2) is 5.84 Å². The van der Waals surface area contributed by atoms with Gasteiger partial charge in [-0.1, -0.05) is 0 Å². The second-order valence-electron chi connectivity index (χ2n) is 3.99. The lowest BCUT2D eigenvalue weighted by Gasteiger charge is -2.20. The van der Waals surface area contributed by atoms with Crippen molar-refractivity contribution in [1.29, 1.82) is 0 Å². The first kappa shape index (κ1) is 12.1. The summed E-state index contributed by atoms with van der Waals surface area (Å²) in [5.41, 5.74) is 1.26. The van der Waals surface area contributed by atoms with Gasteiger partial charge in [0.25, 0.3) is 0 Å². The minimum atomic E-state index is -0.783. The molecule has 0 fully saturated rings. The van der Waals surface area contributed by atoms with E-state index in [2.05, 4.69) is 5.10 Å². The van der Waals surface area contributed by atoms with Crippen LogP contribution in [0.1, 0.15) is 13.8 Å². The van der Waals surface area contributed by atoms with E-state index in [1.165, 1.54) is 16.9 Å². The molecule has 0 atom stereocenters. The second-order valence-corrected chi connectivity index (χ2v) is 3.99. The van der Waals surface area contributed by atoms with Crippen molar-refractivity contribution in [3.05, 3.63) is 22.4 Å². The first-order chi connectivity index (χ1) is 7.36. The first-order valence-corrected chi connectivity index (χ1v) is 4.56. The summed E-state index contributed by atoms with van der Waals surface area (Å²) in [7, 11) is 0. The zero-order valence-electron chi connectivity index (χ0n) is 9.01. The monoisotopic (exact) mass is 227 g/mol. The van der Waals surface area contributed by atoms with Crippen LogP contribution in [-0.4, -0.2) is 20.6 Å². The van der Waals surface area contributed by atoms with Crippen LogP contribution in [-0.2, 0) is 11.3 Å². The van der Waals surface area contributed by atoms with Crippen LogP contribution in [0, 0.1) is 15.5 Å². The summed E-state index contributed by atoms with van der Waals surface area (Å²) >= 11 is 0. The Morgan fingerprint density at radius 3 is 2.81 bits per heavy atom. The van der Waals surface area contributed by atoms with Crippen molar-refractivity contribution in [2.75, 3.05) is 0 Å². The molecule has 0 saturated heterocycles. The Labute approximate surface area is 91.5 Å². The number of nitrogens with two attached hydrogens (primary N) is 1. The van der Waals surface area contributed by atoms with E-state index in [0.717, 1.165) is 0 Å². The highest BCUT2D eigenvalue weighted by Crippen LogP contribution is 2.18. The maximum Gasteiger partial charge on any atom is 0.389 e. The molecule has 0 aliphatic heterocycles. The number of hydrogen-bond donors (Lipinski definition) is 2. The van der Waals surface area contributed by atoms with Gasteiger partial charge in [-0.05, 0) is 18.8 Å². The molecule has 1 aromatic rings. The van der Waals surface area contributed by atoms with Gasteiger partial charge < -0.3 is 10.1 Å². The summed E-state index contributed by atoms with van der Waals surface area (Å²) in [6.07, 6.45) is 1.45. The van der Waals surface area contributed by atoms with Crippen molar-refractivity contribution >= 4 is 11.7 Å². The number of rotatable bonds is 4. The standard InChI is InChI=1S/C8H13N5O3/c1-8(2,7(14)10-9)5-12-4-3-6(11-12)13(15)16/h3-4H,5,9H2,1-2H3,(H,10,14). The normalized spacial score (nSPS) is 11.2. The largest absolute Gasteiger partial charge is 0.389 e. The molecule has 8 heteroatoms. The van der Waals surface area contributed by atoms with E-state index < -0.39 is 10.3 Å². The van der Waals surface area contributed by atoms with E-state index in [-0.39, 0.29) is 18.3 Å². The van der Waals surface area contributed by atoms with Crippen molar-refractivity contribution in [3.8, 4) is 0 Å².